The number of aromatic nitrogens is 2. The lowest BCUT2D eigenvalue weighted by atomic mass is 10.3. The molecule has 0 radical (unpaired) electrons. The maximum absolute atomic E-state index is 5.17. The van der Waals surface area contributed by atoms with E-state index in [4.69, 9.17) is 4.74 Å². The maximum Gasteiger partial charge on any atom is 0.243 e. The van der Waals surface area contributed by atoms with E-state index >= 15 is 0 Å². The summed E-state index contributed by atoms with van der Waals surface area (Å²) in [6.07, 6.45) is 9.41. The average Bonchev–Trinajstić information content (AvgIpc) is 2.81. The molecule has 0 amide bonds. The Bertz CT molecular complexity index is 266. The molecule has 0 bridgehead atoms. The van der Waals surface area contributed by atoms with Gasteiger partial charge in [0.2, 0.25) is 6.33 Å². The number of hydrogen-bond acceptors (Lipinski definition) is 1. The third kappa shape index (κ3) is 2.56. The summed E-state index contributed by atoms with van der Waals surface area (Å²) in [6.45, 7) is 5.30. The van der Waals surface area contributed by atoms with Crippen molar-refractivity contribution in [2.75, 3.05) is 6.61 Å². The zero-order valence-corrected chi connectivity index (χ0v) is 8.15. The number of rotatable bonds is 5. The van der Waals surface area contributed by atoms with Gasteiger partial charge in [-0.1, -0.05) is 13.3 Å². The van der Waals surface area contributed by atoms with Crippen molar-refractivity contribution in [3.05, 3.63) is 18.7 Å². The monoisotopic (exact) mass is 181 g/mol. The Morgan fingerprint density at radius 2 is 2.46 bits per heavy atom. The average molecular weight is 181 g/mol. The van der Waals surface area contributed by atoms with Crippen molar-refractivity contribution in [2.24, 2.45) is 0 Å². The third-order valence-electron chi connectivity index (χ3n) is 2.33. The van der Waals surface area contributed by atoms with Gasteiger partial charge in [-0.3, -0.25) is 0 Å². The standard InChI is InChI=1S/C10H17N2O/c1-2-3-4-11-5-6-12(9-11)7-10-8-13-10/h5-6,9-10H,2-4,7-8H2,1H3/q+1. The molecule has 1 aromatic heterocycles. The summed E-state index contributed by atoms with van der Waals surface area (Å²) in [5, 5.41) is 0. The minimum atomic E-state index is 0.479. The summed E-state index contributed by atoms with van der Waals surface area (Å²) in [7, 11) is 0. The van der Waals surface area contributed by atoms with Crippen LogP contribution >= 0.6 is 0 Å². The molecule has 72 valence electrons. The lowest BCUT2D eigenvalue weighted by Crippen LogP contribution is -2.33. The molecule has 2 heterocycles. The van der Waals surface area contributed by atoms with Crippen molar-refractivity contribution in [2.45, 2.75) is 39.0 Å². The van der Waals surface area contributed by atoms with Gasteiger partial charge in [0.25, 0.3) is 0 Å². The van der Waals surface area contributed by atoms with Gasteiger partial charge in [-0.15, -0.1) is 0 Å². The summed E-state index contributed by atoms with van der Waals surface area (Å²) in [5.74, 6) is 0. The van der Waals surface area contributed by atoms with Crippen LogP contribution in [0.3, 0.4) is 0 Å². The molecule has 2 rings (SSSR count). The molecule has 3 heteroatoms. The first kappa shape index (κ1) is 8.75. The minimum Gasteiger partial charge on any atom is -0.369 e. The van der Waals surface area contributed by atoms with Crippen LogP contribution in [-0.4, -0.2) is 17.3 Å². The molecule has 0 aromatic carbocycles. The van der Waals surface area contributed by atoms with E-state index in [1.54, 1.807) is 0 Å². The van der Waals surface area contributed by atoms with Crippen molar-refractivity contribution < 1.29 is 9.30 Å². The lowest BCUT2D eigenvalue weighted by molar-refractivity contribution is -0.697. The van der Waals surface area contributed by atoms with Crippen LogP contribution in [0.15, 0.2) is 18.7 Å². The van der Waals surface area contributed by atoms with Gasteiger partial charge in [0.1, 0.15) is 25.0 Å². The van der Waals surface area contributed by atoms with E-state index in [2.05, 4.69) is 34.8 Å². The molecule has 1 aromatic rings. The molecule has 1 atom stereocenters. The summed E-state index contributed by atoms with van der Waals surface area (Å²) in [5.41, 5.74) is 0. The van der Waals surface area contributed by atoms with Crippen LogP contribution in [-0.2, 0) is 17.8 Å². The first-order valence-corrected chi connectivity index (χ1v) is 5.05. The molecule has 1 saturated heterocycles. The molecule has 0 aliphatic carbocycles. The van der Waals surface area contributed by atoms with E-state index in [9.17, 15) is 0 Å². The summed E-state index contributed by atoms with van der Waals surface area (Å²) in [6, 6.07) is 0. The lowest BCUT2D eigenvalue weighted by Gasteiger charge is -1.92. The van der Waals surface area contributed by atoms with E-state index < -0.39 is 0 Å². The number of aryl methyl sites for hydroxylation is 1. The fourth-order valence-electron chi connectivity index (χ4n) is 1.43. The van der Waals surface area contributed by atoms with Gasteiger partial charge in [-0.2, -0.15) is 0 Å². The van der Waals surface area contributed by atoms with E-state index in [0.717, 1.165) is 19.7 Å². The largest absolute Gasteiger partial charge is 0.369 e. The zero-order chi connectivity index (χ0) is 9.10. The molecule has 13 heavy (non-hydrogen) atoms. The summed E-state index contributed by atoms with van der Waals surface area (Å²) in [4.78, 5) is 0. The van der Waals surface area contributed by atoms with Crippen LogP contribution in [0.5, 0.6) is 0 Å². The first-order chi connectivity index (χ1) is 6.38. The smallest absolute Gasteiger partial charge is 0.243 e. The molecule has 0 N–H and O–H groups in total. The summed E-state index contributed by atoms with van der Waals surface area (Å²) >= 11 is 0. The van der Waals surface area contributed by atoms with Gasteiger partial charge >= 0.3 is 0 Å². The van der Waals surface area contributed by atoms with Crippen LogP contribution in [0.1, 0.15) is 19.8 Å². The fraction of sp³-hybridized carbons (Fsp3) is 0.700. The van der Waals surface area contributed by atoms with Crippen molar-refractivity contribution in [1.82, 2.24) is 4.57 Å². The SMILES string of the molecule is CCCCn1cc[n+](CC2CO2)c1. The van der Waals surface area contributed by atoms with Gasteiger partial charge < -0.3 is 4.74 Å². The number of nitrogens with zero attached hydrogens (tertiary/aromatic N) is 2. The van der Waals surface area contributed by atoms with Gasteiger partial charge in [-0.05, 0) is 6.42 Å². The van der Waals surface area contributed by atoms with Crippen molar-refractivity contribution in [3.63, 3.8) is 0 Å². The molecule has 0 spiro atoms. The fourth-order valence-corrected chi connectivity index (χ4v) is 1.43. The Morgan fingerprint density at radius 3 is 3.15 bits per heavy atom. The molecule has 1 unspecified atom stereocenters. The number of ether oxygens (including phenoxy) is 1. The van der Waals surface area contributed by atoms with E-state index in [1.165, 1.54) is 12.8 Å². The Balaban J connectivity index is 1.84. The topological polar surface area (TPSA) is 21.3 Å². The molecular weight excluding hydrogens is 164 g/mol. The van der Waals surface area contributed by atoms with Gasteiger partial charge in [0.05, 0.1) is 13.2 Å². The van der Waals surface area contributed by atoms with Crippen LogP contribution in [0, 0.1) is 0 Å². The molecule has 3 nitrogen and oxygen atoms in total. The number of epoxide rings is 1. The number of imidazole rings is 1. The van der Waals surface area contributed by atoms with Crippen LogP contribution in [0.2, 0.25) is 0 Å². The van der Waals surface area contributed by atoms with Gasteiger partial charge in [0.15, 0.2) is 0 Å². The maximum atomic E-state index is 5.17. The quantitative estimate of drug-likeness (QED) is 0.490. The number of hydrogen-bond donors (Lipinski definition) is 0. The van der Waals surface area contributed by atoms with Crippen molar-refractivity contribution >= 4 is 0 Å². The van der Waals surface area contributed by atoms with E-state index in [0.29, 0.717) is 6.10 Å². The van der Waals surface area contributed by atoms with E-state index in [-0.39, 0.29) is 0 Å². The van der Waals surface area contributed by atoms with Gasteiger partial charge in [-0.25, -0.2) is 9.13 Å². The Morgan fingerprint density at radius 1 is 1.62 bits per heavy atom. The molecule has 1 aliphatic rings. The second kappa shape index (κ2) is 3.92. The zero-order valence-electron chi connectivity index (χ0n) is 8.15. The van der Waals surface area contributed by atoms with E-state index in [1.807, 2.05) is 0 Å². The highest BCUT2D eigenvalue weighted by Gasteiger charge is 2.25. The minimum absolute atomic E-state index is 0.479. The highest BCUT2D eigenvalue weighted by molar-refractivity contribution is 4.68. The Hall–Kier alpha value is -0.830. The Labute approximate surface area is 78.9 Å². The summed E-state index contributed by atoms with van der Waals surface area (Å²) < 4.78 is 9.62. The van der Waals surface area contributed by atoms with Gasteiger partial charge in [0, 0.05) is 0 Å². The van der Waals surface area contributed by atoms with Crippen molar-refractivity contribution in [3.8, 4) is 0 Å². The molecule has 1 fully saturated rings. The predicted molar refractivity (Wildman–Crippen MR) is 49.3 cm³/mol. The molecular formula is C10H17N2O+. The Kier molecular flexibility index (Phi) is 2.64. The third-order valence-corrected chi connectivity index (χ3v) is 2.33. The van der Waals surface area contributed by atoms with Crippen molar-refractivity contribution in [1.29, 1.82) is 0 Å². The second-order valence-corrected chi connectivity index (χ2v) is 3.66. The van der Waals surface area contributed by atoms with Crippen LogP contribution in [0.4, 0.5) is 0 Å². The normalized spacial score (nSPS) is 20.5. The molecule has 1 aliphatic heterocycles. The molecule has 0 saturated carbocycles. The van der Waals surface area contributed by atoms with Crippen LogP contribution in [0.25, 0.3) is 0 Å². The van der Waals surface area contributed by atoms with Crippen LogP contribution < -0.4 is 4.57 Å². The first-order valence-electron chi connectivity index (χ1n) is 5.05. The number of unbranched alkanes of at least 4 members (excludes halogenated alkanes) is 1. The second-order valence-electron chi connectivity index (χ2n) is 3.66. The highest BCUT2D eigenvalue weighted by atomic mass is 16.6. The predicted octanol–water partition coefficient (Wildman–Crippen LogP) is 0.974. The highest BCUT2D eigenvalue weighted by Crippen LogP contribution is 2.07.